The van der Waals surface area contributed by atoms with E-state index in [1.54, 1.807) is 24.3 Å². The van der Waals surface area contributed by atoms with Gasteiger partial charge in [0.25, 0.3) is 0 Å². The molecule has 6 nitrogen and oxygen atoms in total. The van der Waals surface area contributed by atoms with Gasteiger partial charge in [-0.1, -0.05) is 62.4 Å². The van der Waals surface area contributed by atoms with E-state index in [2.05, 4.69) is 5.32 Å². The van der Waals surface area contributed by atoms with E-state index in [9.17, 15) is 9.59 Å². The van der Waals surface area contributed by atoms with Gasteiger partial charge in [-0.05, 0) is 42.2 Å². The monoisotopic (exact) mass is 405 g/mol. The van der Waals surface area contributed by atoms with Crippen LogP contribution in [-0.2, 0) is 15.0 Å². The zero-order chi connectivity index (χ0) is 21.4. The Morgan fingerprint density at radius 1 is 1.07 bits per heavy atom. The number of benzene rings is 2. The predicted molar refractivity (Wildman–Crippen MR) is 114 cm³/mol. The van der Waals surface area contributed by atoms with E-state index in [4.69, 9.17) is 15.7 Å². The Labute approximate surface area is 177 Å². The van der Waals surface area contributed by atoms with Crippen molar-refractivity contribution in [3.8, 4) is 17.6 Å². The smallest absolute Gasteiger partial charge is 0.241 e. The molecule has 2 aromatic carbocycles. The molecule has 1 aliphatic carbocycles. The van der Waals surface area contributed by atoms with E-state index in [0.29, 0.717) is 23.5 Å². The lowest BCUT2D eigenvalue weighted by Gasteiger charge is -2.34. The first kappa shape index (κ1) is 21.4. The number of hydrogen-bond donors (Lipinski definition) is 2. The number of nitrogens with two attached hydrogens (primary N) is 1. The molecule has 1 aliphatic rings. The van der Waals surface area contributed by atoms with E-state index in [0.717, 1.165) is 25.7 Å². The van der Waals surface area contributed by atoms with Crippen molar-refractivity contribution >= 4 is 11.8 Å². The number of rotatable bonds is 8. The molecule has 1 unspecified atom stereocenters. The van der Waals surface area contributed by atoms with Crippen LogP contribution >= 0.6 is 0 Å². The van der Waals surface area contributed by atoms with Crippen LogP contribution in [0.2, 0.25) is 0 Å². The summed E-state index contributed by atoms with van der Waals surface area (Å²) in [7, 11) is 0. The minimum atomic E-state index is -1.55. The highest BCUT2D eigenvalue weighted by Gasteiger charge is 2.47. The van der Waals surface area contributed by atoms with Gasteiger partial charge in [0.05, 0.1) is 6.07 Å². The van der Waals surface area contributed by atoms with Gasteiger partial charge in [-0.25, -0.2) is 0 Å². The highest BCUT2D eigenvalue weighted by molar-refractivity contribution is 6.10. The highest BCUT2D eigenvalue weighted by Crippen LogP contribution is 2.39. The molecule has 0 radical (unpaired) electrons. The molecule has 0 aliphatic heterocycles. The van der Waals surface area contributed by atoms with Gasteiger partial charge in [0.1, 0.15) is 18.0 Å². The minimum Gasteiger partial charge on any atom is -0.457 e. The number of hydrogen-bond acceptors (Lipinski definition) is 4. The second kappa shape index (κ2) is 9.93. The molecule has 2 aromatic rings. The average molecular weight is 405 g/mol. The molecular formula is C24H27N3O3. The molecule has 30 heavy (non-hydrogen) atoms. The summed E-state index contributed by atoms with van der Waals surface area (Å²) in [5.41, 5.74) is 4.82. The summed E-state index contributed by atoms with van der Waals surface area (Å²) >= 11 is 0. The maximum absolute atomic E-state index is 13.2. The fraction of sp³-hybridized carbons (Fsp3) is 0.375. The molecule has 0 saturated heterocycles. The largest absolute Gasteiger partial charge is 0.457 e. The third kappa shape index (κ3) is 4.80. The molecule has 6 heteroatoms. The molecule has 1 fully saturated rings. The quantitative estimate of drug-likeness (QED) is 0.514. The van der Waals surface area contributed by atoms with Gasteiger partial charge >= 0.3 is 0 Å². The number of ether oxygens (including phenoxy) is 1. The number of primary amides is 1. The number of nitrogens with zero attached hydrogens (tertiary/aromatic N) is 1. The molecule has 1 saturated carbocycles. The molecule has 3 N–H and O–H groups in total. The molecular weight excluding hydrogens is 378 g/mol. The van der Waals surface area contributed by atoms with Crippen molar-refractivity contribution in [3.63, 3.8) is 0 Å². The maximum atomic E-state index is 13.2. The Bertz CT molecular complexity index is 917. The Morgan fingerprint density at radius 2 is 1.77 bits per heavy atom. The Morgan fingerprint density at radius 3 is 2.43 bits per heavy atom. The summed E-state index contributed by atoms with van der Waals surface area (Å²) < 4.78 is 5.91. The van der Waals surface area contributed by atoms with Crippen LogP contribution in [0.5, 0.6) is 11.5 Å². The van der Waals surface area contributed by atoms with Gasteiger partial charge in [0.2, 0.25) is 11.8 Å². The van der Waals surface area contributed by atoms with Crippen LogP contribution in [-0.4, -0.2) is 18.4 Å². The third-order valence-corrected chi connectivity index (χ3v) is 5.76. The zero-order valence-corrected chi connectivity index (χ0v) is 17.0. The van der Waals surface area contributed by atoms with E-state index in [-0.39, 0.29) is 12.5 Å². The Kier molecular flexibility index (Phi) is 7.08. The van der Waals surface area contributed by atoms with Crippen LogP contribution in [0.4, 0.5) is 0 Å². The third-order valence-electron chi connectivity index (χ3n) is 5.76. The maximum Gasteiger partial charge on any atom is 0.241 e. The minimum absolute atomic E-state index is 0.182. The van der Waals surface area contributed by atoms with Crippen LogP contribution in [0.25, 0.3) is 0 Å². The van der Waals surface area contributed by atoms with Gasteiger partial charge in [-0.2, -0.15) is 5.26 Å². The Hall–Kier alpha value is -3.33. The summed E-state index contributed by atoms with van der Waals surface area (Å²) in [6.45, 7) is -0.182. The molecule has 2 amide bonds. The van der Waals surface area contributed by atoms with Crippen molar-refractivity contribution < 1.29 is 14.3 Å². The summed E-state index contributed by atoms with van der Waals surface area (Å²) in [5.74, 6) is 0.152. The molecule has 0 heterocycles. The summed E-state index contributed by atoms with van der Waals surface area (Å²) in [6, 6.07) is 18.1. The van der Waals surface area contributed by atoms with E-state index < -0.39 is 17.2 Å². The summed E-state index contributed by atoms with van der Waals surface area (Å²) in [4.78, 5) is 26.0. The molecule has 0 aromatic heterocycles. The standard InChI is InChI=1S/C24H27N3O3/c25-14-15-27-23(29)24(22(26)28,17-18-8-3-1-4-9-18)19-10-7-13-21(16-19)30-20-11-5-2-6-12-20/h2,5-7,10-13,16,18H,1,3-4,8-9,15,17H2,(H2,26,28)(H,27,29). The SMILES string of the molecule is N#CCNC(=O)C(CC1CCCCC1)(C(N)=O)c1cccc(Oc2ccccc2)c1. The number of carbonyl (C=O) groups excluding carboxylic acids is 2. The lowest BCUT2D eigenvalue weighted by atomic mass is 9.69. The van der Waals surface area contributed by atoms with E-state index >= 15 is 0 Å². The number of nitriles is 1. The summed E-state index contributed by atoms with van der Waals surface area (Å²) in [6.07, 6.45) is 5.57. The first-order valence-corrected chi connectivity index (χ1v) is 10.3. The lowest BCUT2D eigenvalue weighted by Crippen LogP contribution is -2.54. The van der Waals surface area contributed by atoms with Crippen molar-refractivity contribution in [2.45, 2.75) is 43.9 Å². The van der Waals surface area contributed by atoms with Crippen molar-refractivity contribution in [1.29, 1.82) is 5.26 Å². The van der Waals surface area contributed by atoms with Crippen LogP contribution in [0, 0.1) is 17.2 Å². The second-order valence-electron chi connectivity index (χ2n) is 7.76. The van der Waals surface area contributed by atoms with Crippen molar-refractivity contribution in [2.75, 3.05) is 6.54 Å². The van der Waals surface area contributed by atoms with Crippen LogP contribution < -0.4 is 15.8 Å². The highest BCUT2D eigenvalue weighted by atomic mass is 16.5. The van der Waals surface area contributed by atoms with Gasteiger partial charge in [0.15, 0.2) is 5.41 Å². The van der Waals surface area contributed by atoms with Crippen LogP contribution in [0.1, 0.15) is 44.1 Å². The first-order chi connectivity index (χ1) is 14.6. The fourth-order valence-corrected chi connectivity index (χ4v) is 4.24. The lowest BCUT2D eigenvalue weighted by molar-refractivity contribution is -0.137. The zero-order valence-electron chi connectivity index (χ0n) is 17.0. The van der Waals surface area contributed by atoms with Gasteiger partial charge in [-0.3, -0.25) is 9.59 Å². The first-order valence-electron chi connectivity index (χ1n) is 10.3. The van der Waals surface area contributed by atoms with Crippen LogP contribution in [0.3, 0.4) is 0 Å². The number of carbonyl (C=O) groups is 2. The van der Waals surface area contributed by atoms with Crippen LogP contribution in [0.15, 0.2) is 54.6 Å². The predicted octanol–water partition coefficient (Wildman–Crippen LogP) is 3.81. The number of para-hydroxylation sites is 1. The average Bonchev–Trinajstić information content (AvgIpc) is 2.77. The van der Waals surface area contributed by atoms with Gasteiger partial charge < -0.3 is 15.8 Å². The van der Waals surface area contributed by atoms with Crippen molar-refractivity contribution in [1.82, 2.24) is 5.32 Å². The van der Waals surface area contributed by atoms with Gasteiger partial charge in [-0.15, -0.1) is 0 Å². The molecule has 0 bridgehead atoms. The normalized spacial score (nSPS) is 16.1. The molecule has 156 valence electrons. The topological polar surface area (TPSA) is 105 Å². The number of nitrogens with one attached hydrogen (secondary N) is 1. The molecule has 0 spiro atoms. The van der Waals surface area contributed by atoms with Crippen molar-refractivity contribution in [3.05, 3.63) is 60.2 Å². The molecule has 1 atom stereocenters. The van der Waals surface area contributed by atoms with E-state index in [1.807, 2.05) is 36.4 Å². The summed E-state index contributed by atoms with van der Waals surface area (Å²) in [5, 5.41) is 11.5. The van der Waals surface area contributed by atoms with E-state index in [1.165, 1.54) is 6.42 Å². The second-order valence-corrected chi connectivity index (χ2v) is 7.76. The van der Waals surface area contributed by atoms with Gasteiger partial charge in [0, 0.05) is 0 Å². The molecule has 3 rings (SSSR count). The van der Waals surface area contributed by atoms with Crippen molar-refractivity contribution in [2.24, 2.45) is 11.7 Å². The fourth-order valence-electron chi connectivity index (χ4n) is 4.24. The number of amides is 2. The Balaban J connectivity index is 1.99.